The first-order valence-corrected chi connectivity index (χ1v) is 6.57. The normalized spacial score (nSPS) is 11.9. The van der Waals surface area contributed by atoms with Gasteiger partial charge in [0.2, 0.25) is 5.91 Å². The predicted molar refractivity (Wildman–Crippen MR) is 69.6 cm³/mol. The molecule has 0 spiro atoms. The van der Waals surface area contributed by atoms with Crippen molar-refractivity contribution in [2.24, 2.45) is 5.92 Å². The van der Waals surface area contributed by atoms with Crippen LogP contribution in [0.5, 0.6) is 0 Å². The van der Waals surface area contributed by atoms with E-state index in [2.05, 4.69) is 5.32 Å². The van der Waals surface area contributed by atoms with E-state index in [1.807, 2.05) is 13.2 Å². The summed E-state index contributed by atoms with van der Waals surface area (Å²) in [6, 6.07) is 6.23. The molecule has 1 rings (SSSR count). The van der Waals surface area contributed by atoms with E-state index < -0.39 is 5.97 Å². The van der Waals surface area contributed by atoms with E-state index in [4.69, 9.17) is 5.11 Å². The smallest absolute Gasteiger partial charge is 0.335 e. The lowest BCUT2D eigenvalue weighted by Gasteiger charge is -2.11. The molecule has 0 bridgehead atoms. The van der Waals surface area contributed by atoms with Crippen LogP contribution in [0.4, 0.5) is 5.69 Å². The average Bonchev–Trinajstić information content (AvgIpc) is 2.29. The summed E-state index contributed by atoms with van der Waals surface area (Å²) in [5.74, 6) is -0.455. The highest BCUT2D eigenvalue weighted by atomic mass is 32.2. The Morgan fingerprint density at radius 2 is 2.18 bits per heavy atom. The van der Waals surface area contributed by atoms with Gasteiger partial charge in [-0.1, -0.05) is 13.0 Å². The summed E-state index contributed by atoms with van der Waals surface area (Å²) < 4.78 is 0. The highest BCUT2D eigenvalue weighted by Crippen LogP contribution is 2.13. The summed E-state index contributed by atoms with van der Waals surface area (Å²) >= 11 is 1.60. The minimum atomic E-state index is -1.00. The fourth-order valence-electron chi connectivity index (χ4n) is 1.32. The molecule has 0 heterocycles. The van der Waals surface area contributed by atoms with Gasteiger partial charge in [-0.05, 0) is 24.5 Å². The standard InChI is InChI=1S/C12H15NO3S/c1-8(7-17-2)11(14)13-10-5-3-4-9(6-10)12(15)16/h3-6,8H,7H2,1-2H3,(H,13,14)(H,15,16). The van der Waals surface area contributed by atoms with Gasteiger partial charge >= 0.3 is 5.97 Å². The first-order chi connectivity index (χ1) is 8.04. The average molecular weight is 253 g/mol. The summed E-state index contributed by atoms with van der Waals surface area (Å²) in [7, 11) is 0. The Hall–Kier alpha value is -1.49. The monoisotopic (exact) mass is 253 g/mol. The summed E-state index contributed by atoms with van der Waals surface area (Å²) in [5.41, 5.74) is 0.683. The minimum Gasteiger partial charge on any atom is -0.478 e. The Bertz CT molecular complexity index is 420. The van der Waals surface area contributed by atoms with Crippen LogP contribution in [0, 0.1) is 5.92 Å². The van der Waals surface area contributed by atoms with Crippen LogP contribution in [-0.2, 0) is 4.79 Å². The van der Waals surface area contributed by atoms with Gasteiger partial charge in [0, 0.05) is 17.4 Å². The maximum Gasteiger partial charge on any atom is 0.335 e. The second kappa shape index (κ2) is 6.30. The molecule has 17 heavy (non-hydrogen) atoms. The third-order valence-electron chi connectivity index (χ3n) is 2.24. The molecule has 1 atom stereocenters. The molecule has 0 aromatic heterocycles. The molecule has 1 aromatic rings. The van der Waals surface area contributed by atoms with Crippen LogP contribution in [0.15, 0.2) is 24.3 Å². The molecule has 4 nitrogen and oxygen atoms in total. The first kappa shape index (κ1) is 13.6. The van der Waals surface area contributed by atoms with E-state index in [0.29, 0.717) is 5.69 Å². The zero-order chi connectivity index (χ0) is 12.8. The predicted octanol–water partition coefficient (Wildman–Crippen LogP) is 2.32. The Kier molecular flexibility index (Phi) is 5.03. The highest BCUT2D eigenvalue weighted by Gasteiger charge is 2.12. The highest BCUT2D eigenvalue weighted by molar-refractivity contribution is 7.98. The molecular weight excluding hydrogens is 238 g/mol. The van der Waals surface area contributed by atoms with Crippen LogP contribution in [0.25, 0.3) is 0 Å². The summed E-state index contributed by atoms with van der Waals surface area (Å²) in [4.78, 5) is 22.5. The van der Waals surface area contributed by atoms with Crippen LogP contribution in [-0.4, -0.2) is 29.0 Å². The van der Waals surface area contributed by atoms with Crippen LogP contribution >= 0.6 is 11.8 Å². The van der Waals surface area contributed by atoms with Gasteiger partial charge in [-0.3, -0.25) is 4.79 Å². The number of amides is 1. The lowest BCUT2D eigenvalue weighted by atomic mass is 10.1. The summed E-state index contributed by atoms with van der Waals surface area (Å²) in [6.07, 6.45) is 1.94. The molecule has 1 amide bonds. The molecule has 0 aliphatic rings. The molecule has 92 valence electrons. The molecule has 2 N–H and O–H groups in total. The van der Waals surface area contributed by atoms with Crippen LogP contribution in [0.2, 0.25) is 0 Å². The minimum absolute atomic E-state index is 0.0955. The fraction of sp³-hybridized carbons (Fsp3) is 0.333. The lowest BCUT2D eigenvalue weighted by Crippen LogP contribution is -2.22. The molecule has 0 saturated carbocycles. The van der Waals surface area contributed by atoms with E-state index in [9.17, 15) is 9.59 Å². The zero-order valence-corrected chi connectivity index (χ0v) is 10.6. The van der Waals surface area contributed by atoms with Crippen molar-refractivity contribution in [1.82, 2.24) is 0 Å². The number of benzene rings is 1. The molecule has 0 saturated heterocycles. The van der Waals surface area contributed by atoms with E-state index in [0.717, 1.165) is 5.75 Å². The van der Waals surface area contributed by atoms with E-state index >= 15 is 0 Å². The van der Waals surface area contributed by atoms with Crippen molar-refractivity contribution in [3.63, 3.8) is 0 Å². The van der Waals surface area contributed by atoms with Crippen LogP contribution in [0.3, 0.4) is 0 Å². The van der Waals surface area contributed by atoms with Crippen molar-refractivity contribution < 1.29 is 14.7 Å². The van der Waals surface area contributed by atoms with Crippen molar-refractivity contribution in [2.75, 3.05) is 17.3 Å². The van der Waals surface area contributed by atoms with Crippen LogP contribution in [0.1, 0.15) is 17.3 Å². The van der Waals surface area contributed by atoms with Crippen molar-refractivity contribution in [1.29, 1.82) is 0 Å². The second-order valence-corrected chi connectivity index (χ2v) is 4.64. The van der Waals surface area contributed by atoms with Gasteiger partial charge in [0.25, 0.3) is 0 Å². The molecule has 5 heteroatoms. The molecule has 0 aliphatic carbocycles. The van der Waals surface area contributed by atoms with Gasteiger partial charge in [-0.15, -0.1) is 0 Å². The Morgan fingerprint density at radius 1 is 1.47 bits per heavy atom. The first-order valence-electron chi connectivity index (χ1n) is 5.17. The van der Waals surface area contributed by atoms with Gasteiger partial charge in [0.05, 0.1) is 5.56 Å². The summed E-state index contributed by atoms with van der Waals surface area (Å²) in [6.45, 7) is 1.84. The van der Waals surface area contributed by atoms with Crippen molar-refractivity contribution >= 4 is 29.3 Å². The maximum atomic E-state index is 11.7. The fourth-order valence-corrected chi connectivity index (χ4v) is 1.97. The number of carbonyl (C=O) groups excluding carboxylic acids is 1. The molecule has 0 aliphatic heterocycles. The number of nitrogens with one attached hydrogen (secondary N) is 1. The van der Waals surface area contributed by atoms with Crippen LogP contribution < -0.4 is 5.32 Å². The van der Waals surface area contributed by atoms with E-state index in [-0.39, 0.29) is 17.4 Å². The lowest BCUT2D eigenvalue weighted by molar-refractivity contribution is -0.118. The van der Waals surface area contributed by atoms with Crippen molar-refractivity contribution in [3.05, 3.63) is 29.8 Å². The molecule has 0 fully saturated rings. The molecule has 0 radical (unpaired) electrons. The number of rotatable bonds is 5. The maximum absolute atomic E-state index is 11.7. The summed E-state index contributed by atoms with van der Waals surface area (Å²) in [5, 5.41) is 11.5. The third kappa shape index (κ3) is 4.11. The van der Waals surface area contributed by atoms with Gasteiger partial charge in [-0.25, -0.2) is 4.79 Å². The number of aromatic carboxylic acids is 1. The SMILES string of the molecule is CSCC(C)C(=O)Nc1cccc(C(=O)O)c1. The number of carboxylic acids is 1. The largest absolute Gasteiger partial charge is 0.478 e. The molecular formula is C12H15NO3S. The van der Waals surface area contributed by atoms with Crippen molar-refractivity contribution in [2.45, 2.75) is 6.92 Å². The Morgan fingerprint density at radius 3 is 2.76 bits per heavy atom. The van der Waals surface area contributed by atoms with E-state index in [1.165, 1.54) is 12.1 Å². The Balaban J connectivity index is 2.71. The van der Waals surface area contributed by atoms with Gasteiger partial charge in [-0.2, -0.15) is 11.8 Å². The van der Waals surface area contributed by atoms with Gasteiger partial charge < -0.3 is 10.4 Å². The zero-order valence-electron chi connectivity index (χ0n) is 9.77. The second-order valence-electron chi connectivity index (χ2n) is 3.73. The number of thioether (sulfide) groups is 1. The number of hydrogen-bond acceptors (Lipinski definition) is 3. The molecule has 1 unspecified atom stereocenters. The van der Waals surface area contributed by atoms with Gasteiger partial charge in [0.15, 0.2) is 0 Å². The van der Waals surface area contributed by atoms with Gasteiger partial charge in [0.1, 0.15) is 0 Å². The number of carbonyl (C=O) groups is 2. The quantitative estimate of drug-likeness (QED) is 0.845. The third-order valence-corrected chi connectivity index (χ3v) is 3.07. The number of anilines is 1. The number of hydrogen-bond donors (Lipinski definition) is 2. The van der Waals surface area contributed by atoms with E-state index in [1.54, 1.807) is 23.9 Å². The number of carboxylic acid groups (broad SMARTS) is 1. The topological polar surface area (TPSA) is 66.4 Å². The Labute approximate surface area is 104 Å². The van der Waals surface area contributed by atoms with Crippen molar-refractivity contribution in [3.8, 4) is 0 Å². The molecule has 1 aromatic carbocycles.